The third-order valence-electron chi connectivity index (χ3n) is 6.83. The van der Waals surface area contributed by atoms with Gasteiger partial charge in [0.15, 0.2) is 0 Å². The Hall–Kier alpha value is -1.85. The lowest BCUT2D eigenvalue weighted by Gasteiger charge is -2.50. The maximum atomic E-state index is 11.8. The Morgan fingerprint density at radius 3 is 2.92 bits per heavy atom. The Balaban J connectivity index is 1.54. The molecule has 3 heterocycles. The first-order valence-electron chi connectivity index (χ1n) is 9.38. The number of hydrogen-bond donors (Lipinski definition) is 3. The van der Waals surface area contributed by atoms with Gasteiger partial charge in [-0.25, -0.2) is 0 Å². The number of H-pyrrole nitrogens is 1. The van der Waals surface area contributed by atoms with Crippen molar-refractivity contribution >= 4 is 16.9 Å². The van der Waals surface area contributed by atoms with E-state index in [-0.39, 0.29) is 12.0 Å². The normalized spacial score (nSPS) is 35.0. The van der Waals surface area contributed by atoms with Gasteiger partial charge in [0.2, 0.25) is 0 Å². The van der Waals surface area contributed by atoms with Crippen LogP contribution in [0, 0.1) is 17.8 Å². The number of para-hydroxylation sites is 1. The van der Waals surface area contributed by atoms with E-state index in [1.54, 1.807) is 0 Å². The number of nitrogens with zero attached hydrogens (tertiary/aromatic N) is 1. The van der Waals surface area contributed by atoms with Crippen molar-refractivity contribution in [3.8, 4) is 0 Å². The molecule has 2 aromatic rings. The first-order valence-corrected chi connectivity index (χ1v) is 9.38. The number of aromatic amines is 1. The monoisotopic (exact) mass is 340 g/mol. The molecule has 1 aromatic heterocycles. The van der Waals surface area contributed by atoms with Gasteiger partial charge < -0.3 is 15.2 Å². The summed E-state index contributed by atoms with van der Waals surface area (Å²) in [5.41, 5.74) is 3.85. The summed E-state index contributed by atoms with van der Waals surface area (Å²) in [7, 11) is 0. The summed E-state index contributed by atoms with van der Waals surface area (Å²) in [6.07, 6.45) is 2.75. The van der Waals surface area contributed by atoms with Crippen LogP contribution in [0.15, 0.2) is 24.3 Å². The molecule has 0 amide bonds. The van der Waals surface area contributed by atoms with Crippen molar-refractivity contribution in [3.63, 3.8) is 0 Å². The van der Waals surface area contributed by atoms with E-state index in [2.05, 4.69) is 34.1 Å². The number of aliphatic hydroxyl groups excluding tert-OH is 1. The van der Waals surface area contributed by atoms with E-state index in [1.165, 1.54) is 22.2 Å². The fourth-order valence-corrected chi connectivity index (χ4v) is 5.68. The molecule has 1 aliphatic carbocycles. The predicted molar refractivity (Wildman–Crippen MR) is 94.3 cm³/mol. The molecule has 25 heavy (non-hydrogen) atoms. The molecule has 3 aliphatic rings. The zero-order valence-electron chi connectivity index (χ0n) is 14.2. The molecule has 5 heteroatoms. The highest BCUT2D eigenvalue weighted by atomic mass is 16.4. The highest BCUT2D eigenvalue weighted by molar-refractivity contribution is 5.85. The molecule has 1 aromatic carbocycles. The summed E-state index contributed by atoms with van der Waals surface area (Å²) in [5.74, 6) is -0.981. The number of carbonyl (C=O) groups is 1. The molecule has 2 fully saturated rings. The molecule has 0 bridgehead atoms. The third kappa shape index (κ3) is 2.26. The molecule has 3 N–H and O–H groups in total. The third-order valence-corrected chi connectivity index (χ3v) is 6.83. The van der Waals surface area contributed by atoms with Crippen LogP contribution in [0.4, 0.5) is 0 Å². The van der Waals surface area contributed by atoms with Gasteiger partial charge in [0.05, 0.1) is 18.1 Å². The first-order chi connectivity index (χ1) is 12.1. The molecule has 0 spiro atoms. The number of piperidine rings is 1. The lowest BCUT2D eigenvalue weighted by molar-refractivity contribution is -0.156. The molecule has 1 saturated heterocycles. The number of rotatable bonds is 1. The van der Waals surface area contributed by atoms with Crippen LogP contribution < -0.4 is 0 Å². The Morgan fingerprint density at radius 2 is 2.08 bits per heavy atom. The molecule has 1 saturated carbocycles. The maximum absolute atomic E-state index is 11.8. The van der Waals surface area contributed by atoms with Gasteiger partial charge in [-0.1, -0.05) is 18.2 Å². The summed E-state index contributed by atoms with van der Waals surface area (Å²) in [6.45, 7) is 2.00. The van der Waals surface area contributed by atoms with Gasteiger partial charge in [-0.3, -0.25) is 9.69 Å². The lowest BCUT2D eigenvalue weighted by atomic mass is 9.65. The molecule has 5 nitrogen and oxygen atoms in total. The number of aliphatic carboxylic acids is 1. The van der Waals surface area contributed by atoms with E-state index in [4.69, 9.17) is 0 Å². The first kappa shape index (κ1) is 15.4. The molecular weight excluding hydrogens is 316 g/mol. The fraction of sp³-hybridized carbons (Fsp3) is 0.550. The van der Waals surface area contributed by atoms with E-state index in [0.29, 0.717) is 12.3 Å². The average molecular weight is 340 g/mol. The number of fused-ring (bicyclic) bond motifs is 6. The van der Waals surface area contributed by atoms with Crippen molar-refractivity contribution in [3.05, 3.63) is 35.5 Å². The van der Waals surface area contributed by atoms with Crippen LogP contribution in [0.5, 0.6) is 0 Å². The Labute approximate surface area is 146 Å². The highest BCUT2D eigenvalue weighted by Gasteiger charge is 2.49. The van der Waals surface area contributed by atoms with Gasteiger partial charge in [-0.2, -0.15) is 0 Å². The maximum Gasteiger partial charge on any atom is 0.309 e. The van der Waals surface area contributed by atoms with E-state index in [0.717, 1.165) is 32.4 Å². The average Bonchev–Trinajstić information content (AvgIpc) is 2.99. The zero-order chi connectivity index (χ0) is 17.1. The minimum Gasteiger partial charge on any atom is -0.481 e. The summed E-state index contributed by atoms with van der Waals surface area (Å²) in [6, 6.07) is 8.68. The van der Waals surface area contributed by atoms with Crippen molar-refractivity contribution in [2.45, 2.75) is 37.8 Å². The van der Waals surface area contributed by atoms with Crippen LogP contribution >= 0.6 is 0 Å². The number of carboxylic acid groups (broad SMARTS) is 1. The Bertz CT molecular complexity index is 829. The molecule has 132 valence electrons. The van der Waals surface area contributed by atoms with Crippen LogP contribution in [-0.2, 0) is 11.2 Å². The van der Waals surface area contributed by atoms with E-state index in [9.17, 15) is 15.0 Å². The number of aliphatic hydroxyl groups is 1. The molecule has 0 radical (unpaired) electrons. The Morgan fingerprint density at radius 1 is 1.24 bits per heavy atom. The van der Waals surface area contributed by atoms with Gasteiger partial charge in [-0.05, 0) is 49.1 Å². The highest BCUT2D eigenvalue weighted by Crippen LogP contribution is 2.49. The van der Waals surface area contributed by atoms with Crippen molar-refractivity contribution < 1.29 is 15.0 Å². The standard InChI is InChI=1S/C20H24N2O3/c23-17-6-5-11-10-22-8-7-13-12-3-1-2-4-15(12)21-19(13)16(22)9-14(11)18(17)20(24)25/h1-4,11,14,16-18,21,23H,5-10H2,(H,24,25)/t11-,14+,16+,17+,18-/m1/s1. The Kier molecular flexibility index (Phi) is 3.44. The topological polar surface area (TPSA) is 76.6 Å². The second-order valence-corrected chi connectivity index (χ2v) is 7.99. The number of aromatic nitrogens is 1. The van der Waals surface area contributed by atoms with Crippen molar-refractivity contribution in [1.29, 1.82) is 0 Å². The van der Waals surface area contributed by atoms with Crippen molar-refractivity contribution in [1.82, 2.24) is 9.88 Å². The predicted octanol–water partition coefficient (Wildman–Crippen LogP) is 2.56. The van der Waals surface area contributed by atoms with Crippen LogP contribution in [0.3, 0.4) is 0 Å². The smallest absolute Gasteiger partial charge is 0.309 e. The minimum atomic E-state index is -0.830. The molecular formula is C20H24N2O3. The van der Waals surface area contributed by atoms with Gasteiger partial charge in [-0.15, -0.1) is 0 Å². The number of benzene rings is 1. The second kappa shape index (κ2) is 5.58. The van der Waals surface area contributed by atoms with Gasteiger partial charge in [0.1, 0.15) is 0 Å². The molecule has 5 atom stereocenters. The number of nitrogens with one attached hydrogen (secondary N) is 1. The van der Waals surface area contributed by atoms with E-state index < -0.39 is 18.0 Å². The van der Waals surface area contributed by atoms with Crippen LogP contribution in [0.1, 0.15) is 36.6 Å². The SMILES string of the molecule is O=C(O)[C@@H]1[C@H]2C[C@H]3c4[nH]c5ccccc5c4CCN3C[C@H]2CC[C@@H]1O. The quantitative estimate of drug-likeness (QED) is 0.746. The number of hydrogen-bond acceptors (Lipinski definition) is 3. The van der Waals surface area contributed by atoms with E-state index >= 15 is 0 Å². The lowest BCUT2D eigenvalue weighted by Crippen LogP contribution is -2.53. The van der Waals surface area contributed by atoms with Crippen molar-refractivity contribution in [2.24, 2.45) is 17.8 Å². The summed E-state index contributed by atoms with van der Waals surface area (Å²) in [4.78, 5) is 17.9. The van der Waals surface area contributed by atoms with Crippen LogP contribution in [-0.4, -0.2) is 45.3 Å². The minimum absolute atomic E-state index is 0.0693. The zero-order valence-corrected chi connectivity index (χ0v) is 14.2. The van der Waals surface area contributed by atoms with Crippen LogP contribution in [0.25, 0.3) is 10.9 Å². The molecule has 0 unspecified atom stereocenters. The number of carboxylic acids is 1. The van der Waals surface area contributed by atoms with E-state index in [1.807, 2.05) is 0 Å². The summed E-state index contributed by atoms with van der Waals surface area (Å²) < 4.78 is 0. The van der Waals surface area contributed by atoms with Crippen molar-refractivity contribution in [2.75, 3.05) is 13.1 Å². The van der Waals surface area contributed by atoms with Gasteiger partial charge in [0, 0.05) is 29.7 Å². The van der Waals surface area contributed by atoms with Gasteiger partial charge >= 0.3 is 5.97 Å². The largest absolute Gasteiger partial charge is 0.481 e. The summed E-state index contributed by atoms with van der Waals surface area (Å²) >= 11 is 0. The summed E-state index contributed by atoms with van der Waals surface area (Å²) in [5, 5.41) is 21.3. The fourth-order valence-electron chi connectivity index (χ4n) is 5.68. The molecule has 2 aliphatic heterocycles. The second-order valence-electron chi connectivity index (χ2n) is 7.99. The van der Waals surface area contributed by atoms with Crippen LogP contribution in [0.2, 0.25) is 0 Å². The molecule has 5 rings (SSSR count). The van der Waals surface area contributed by atoms with Gasteiger partial charge in [0.25, 0.3) is 0 Å².